The first kappa shape index (κ1) is 13.9. The molecule has 1 aliphatic rings. The van der Waals surface area contributed by atoms with Crippen LogP contribution in [0.1, 0.15) is 48.3 Å². The van der Waals surface area contributed by atoms with Crippen molar-refractivity contribution < 1.29 is 4.79 Å². The van der Waals surface area contributed by atoms with Gasteiger partial charge in [-0.25, -0.2) is 0 Å². The van der Waals surface area contributed by atoms with Gasteiger partial charge in [0.25, 0.3) is 5.91 Å². The monoisotopic (exact) mass is 287 g/mol. The molecule has 2 aromatic heterocycles. The molecular weight excluding hydrogens is 266 g/mol. The Labute approximate surface area is 124 Å². The summed E-state index contributed by atoms with van der Waals surface area (Å²) >= 11 is 0. The summed E-state index contributed by atoms with van der Waals surface area (Å²) in [5.41, 5.74) is 0.689. The fourth-order valence-electron chi connectivity index (χ4n) is 2.85. The van der Waals surface area contributed by atoms with Crippen molar-refractivity contribution >= 4 is 5.91 Å². The zero-order valence-electron chi connectivity index (χ0n) is 12.7. The molecule has 0 fully saturated rings. The van der Waals surface area contributed by atoms with Gasteiger partial charge in [-0.3, -0.25) is 4.79 Å². The molecule has 1 amide bonds. The van der Waals surface area contributed by atoms with Gasteiger partial charge in [0, 0.05) is 38.2 Å². The van der Waals surface area contributed by atoms with E-state index in [4.69, 9.17) is 0 Å². The van der Waals surface area contributed by atoms with Crippen molar-refractivity contribution in [2.75, 3.05) is 0 Å². The first-order valence-electron chi connectivity index (χ1n) is 7.40. The molecule has 1 N–H and O–H groups in total. The van der Waals surface area contributed by atoms with Gasteiger partial charge in [-0.1, -0.05) is 13.8 Å². The number of aromatic nitrogens is 4. The maximum atomic E-state index is 12.3. The van der Waals surface area contributed by atoms with Gasteiger partial charge in [-0.2, -0.15) is 0 Å². The molecule has 21 heavy (non-hydrogen) atoms. The predicted molar refractivity (Wildman–Crippen MR) is 79.1 cm³/mol. The Morgan fingerprint density at radius 2 is 2.24 bits per heavy atom. The lowest BCUT2D eigenvalue weighted by molar-refractivity contribution is 0.0919. The van der Waals surface area contributed by atoms with Gasteiger partial charge in [-0.05, 0) is 18.6 Å². The summed E-state index contributed by atoms with van der Waals surface area (Å²) < 4.78 is 3.99. The molecule has 0 saturated carbocycles. The highest BCUT2D eigenvalue weighted by Gasteiger charge is 2.25. The minimum absolute atomic E-state index is 0.0184. The maximum absolute atomic E-state index is 12.3. The molecule has 0 aliphatic carbocycles. The highest BCUT2D eigenvalue weighted by Crippen LogP contribution is 2.20. The normalized spacial score (nSPS) is 17.8. The molecule has 1 aliphatic heterocycles. The molecule has 0 radical (unpaired) electrons. The van der Waals surface area contributed by atoms with E-state index in [2.05, 4.69) is 33.9 Å². The Kier molecular flexibility index (Phi) is 3.53. The summed E-state index contributed by atoms with van der Waals surface area (Å²) in [7, 11) is 1.88. The van der Waals surface area contributed by atoms with Crippen LogP contribution in [0.2, 0.25) is 0 Å². The van der Waals surface area contributed by atoms with Crippen molar-refractivity contribution in [1.29, 1.82) is 0 Å². The fraction of sp³-hybridized carbons (Fsp3) is 0.533. The van der Waals surface area contributed by atoms with E-state index in [1.54, 1.807) is 0 Å². The second-order valence-electron chi connectivity index (χ2n) is 5.95. The molecule has 6 heteroatoms. The van der Waals surface area contributed by atoms with Crippen molar-refractivity contribution in [3.8, 4) is 0 Å². The van der Waals surface area contributed by atoms with Crippen LogP contribution >= 0.6 is 0 Å². The lowest BCUT2D eigenvalue weighted by atomic mass is 10.1. The van der Waals surface area contributed by atoms with Gasteiger partial charge >= 0.3 is 0 Å². The highest BCUT2D eigenvalue weighted by molar-refractivity contribution is 5.92. The fourth-order valence-corrected chi connectivity index (χ4v) is 2.85. The van der Waals surface area contributed by atoms with Crippen LogP contribution in [-0.4, -0.2) is 31.3 Å². The third-order valence-electron chi connectivity index (χ3n) is 4.00. The van der Waals surface area contributed by atoms with E-state index in [0.717, 1.165) is 31.0 Å². The zero-order valence-corrected chi connectivity index (χ0v) is 12.7. The van der Waals surface area contributed by atoms with Gasteiger partial charge in [-0.15, -0.1) is 10.2 Å². The summed E-state index contributed by atoms with van der Waals surface area (Å²) in [6.45, 7) is 4.99. The molecule has 0 aromatic carbocycles. The number of nitrogens with one attached hydrogen (secondary N) is 1. The third kappa shape index (κ3) is 2.57. The standard InChI is InChI=1S/C15H21N5O/c1-10(2)14-18-17-13-7-6-11(9-20(13)14)16-15(21)12-5-4-8-19(12)3/h4-5,8,10-11H,6-7,9H2,1-3H3,(H,16,21)/t11-/m1/s1. The molecule has 6 nitrogen and oxygen atoms in total. The number of rotatable bonds is 3. The quantitative estimate of drug-likeness (QED) is 0.930. The molecule has 0 spiro atoms. The van der Waals surface area contributed by atoms with Crippen LogP contribution in [-0.2, 0) is 20.0 Å². The smallest absolute Gasteiger partial charge is 0.268 e. The average molecular weight is 287 g/mol. The molecule has 3 heterocycles. The Bertz CT molecular complexity index is 655. The first-order chi connectivity index (χ1) is 10.1. The van der Waals surface area contributed by atoms with E-state index in [1.807, 2.05) is 29.9 Å². The van der Waals surface area contributed by atoms with Gasteiger partial charge in [0.1, 0.15) is 17.3 Å². The van der Waals surface area contributed by atoms with Crippen LogP contribution in [0.3, 0.4) is 0 Å². The van der Waals surface area contributed by atoms with Crippen molar-refractivity contribution in [1.82, 2.24) is 24.6 Å². The topological polar surface area (TPSA) is 64.7 Å². The lowest BCUT2D eigenvalue weighted by Gasteiger charge is -2.26. The average Bonchev–Trinajstić information content (AvgIpc) is 3.04. The summed E-state index contributed by atoms with van der Waals surface area (Å²) in [6.07, 6.45) is 3.65. The molecule has 112 valence electrons. The van der Waals surface area contributed by atoms with Crippen LogP contribution in [0.4, 0.5) is 0 Å². The largest absolute Gasteiger partial charge is 0.347 e. The summed E-state index contributed by atoms with van der Waals surface area (Å²) in [6, 6.07) is 3.85. The van der Waals surface area contributed by atoms with Crippen molar-refractivity contribution in [3.63, 3.8) is 0 Å². The van der Waals surface area contributed by atoms with Crippen LogP contribution in [0, 0.1) is 0 Å². The number of aryl methyl sites for hydroxylation is 2. The molecule has 3 rings (SSSR count). The van der Waals surface area contributed by atoms with Crippen LogP contribution in [0.15, 0.2) is 18.3 Å². The highest BCUT2D eigenvalue weighted by atomic mass is 16.2. The SMILES string of the molecule is CC(C)c1nnc2n1C[C@H](NC(=O)c1cccn1C)CC2. The number of amides is 1. The Morgan fingerprint density at radius 3 is 2.90 bits per heavy atom. The van der Waals surface area contributed by atoms with Crippen molar-refractivity contribution in [3.05, 3.63) is 35.7 Å². The second-order valence-corrected chi connectivity index (χ2v) is 5.95. The van der Waals surface area contributed by atoms with Crippen LogP contribution < -0.4 is 5.32 Å². The summed E-state index contributed by atoms with van der Waals surface area (Å²) in [4.78, 5) is 12.3. The Morgan fingerprint density at radius 1 is 1.43 bits per heavy atom. The maximum Gasteiger partial charge on any atom is 0.268 e. The van der Waals surface area contributed by atoms with E-state index < -0.39 is 0 Å². The molecule has 0 saturated heterocycles. The number of hydrogen-bond donors (Lipinski definition) is 1. The third-order valence-corrected chi connectivity index (χ3v) is 4.00. The predicted octanol–water partition coefficient (Wildman–Crippen LogP) is 1.48. The van der Waals surface area contributed by atoms with E-state index >= 15 is 0 Å². The van der Waals surface area contributed by atoms with Crippen molar-refractivity contribution in [2.24, 2.45) is 7.05 Å². The van der Waals surface area contributed by atoms with Gasteiger partial charge in [0.05, 0.1) is 0 Å². The molecule has 1 atom stereocenters. The van der Waals surface area contributed by atoms with Gasteiger partial charge < -0.3 is 14.5 Å². The first-order valence-corrected chi connectivity index (χ1v) is 7.40. The van der Waals surface area contributed by atoms with Gasteiger partial charge in [0.2, 0.25) is 0 Å². The number of hydrogen-bond acceptors (Lipinski definition) is 3. The number of carbonyl (C=O) groups is 1. The molecule has 0 bridgehead atoms. The minimum atomic E-state index is -0.0184. The van der Waals surface area contributed by atoms with E-state index in [0.29, 0.717) is 11.6 Å². The van der Waals surface area contributed by atoms with Gasteiger partial charge in [0.15, 0.2) is 0 Å². The lowest BCUT2D eigenvalue weighted by Crippen LogP contribution is -2.42. The summed E-state index contributed by atoms with van der Waals surface area (Å²) in [5.74, 6) is 2.36. The Balaban J connectivity index is 1.73. The second kappa shape index (κ2) is 5.35. The number of nitrogens with zero attached hydrogens (tertiary/aromatic N) is 4. The number of carbonyl (C=O) groups excluding carboxylic acids is 1. The summed E-state index contributed by atoms with van der Waals surface area (Å²) in [5, 5.41) is 11.6. The molecular formula is C15H21N5O. The Hall–Kier alpha value is -2.11. The molecule has 0 unspecified atom stereocenters. The van der Waals surface area contributed by atoms with E-state index in [-0.39, 0.29) is 11.9 Å². The van der Waals surface area contributed by atoms with Crippen LogP contribution in [0.25, 0.3) is 0 Å². The number of fused-ring (bicyclic) bond motifs is 1. The molecule has 2 aromatic rings. The van der Waals surface area contributed by atoms with E-state index in [1.165, 1.54) is 0 Å². The minimum Gasteiger partial charge on any atom is -0.347 e. The van der Waals surface area contributed by atoms with Crippen LogP contribution in [0.5, 0.6) is 0 Å². The van der Waals surface area contributed by atoms with E-state index in [9.17, 15) is 4.79 Å². The van der Waals surface area contributed by atoms with Crippen molar-refractivity contribution in [2.45, 2.75) is 45.2 Å². The zero-order chi connectivity index (χ0) is 15.0.